The van der Waals surface area contributed by atoms with E-state index in [4.69, 9.17) is 0 Å². The molecule has 1 N–H and O–H groups in total. The molecule has 2 aromatic rings. The van der Waals surface area contributed by atoms with Crippen molar-refractivity contribution in [3.8, 4) is 0 Å². The van der Waals surface area contributed by atoms with Crippen molar-refractivity contribution in [3.63, 3.8) is 0 Å². The lowest BCUT2D eigenvalue weighted by Gasteiger charge is -2.33. The smallest absolute Gasteiger partial charge is 0.243 e. The predicted octanol–water partition coefficient (Wildman–Crippen LogP) is 4.09. The maximum absolute atomic E-state index is 14.2. The summed E-state index contributed by atoms with van der Waals surface area (Å²) < 4.78 is 14.2. The average Bonchev–Trinajstić information content (AvgIpc) is 2.64. The topological polar surface area (TPSA) is 49.4 Å². The zero-order chi connectivity index (χ0) is 20.7. The van der Waals surface area contributed by atoms with E-state index in [-0.39, 0.29) is 30.6 Å². The number of benzene rings is 2. The first-order valence-electron chi connectivity index (χ1n) is 9.60. The highest BCUT2D eigenvalue weighted by molar-refractivity contribution is 5.88. The minimum atomic E-state index is -0.728. The summed E-state index contributed by atoms with van der Waals surface area (Å²) in [6, 6.07) is 15.2. The summed E-state index contributed by atoms with van der Waals surface area (Å²) in [6.45, 7) is 7.49. The molecule has 0 radical (unpaired) electrons. The molecule has 0 heterocycles. The van der Waals surface area contributed by atoms with Crippen LogP contribution in [0.2, 0.25) is 0 Å². The van der Waals surface area contributed by atoms with Crippen LogP contribution in [0.5, 0.6) is 0 Å². The fraction of sp³-hybridized carbons (Fsp3) is 0.391. The molecule has 0 saturated heterocycles. The Kier molecular flexibility index (Phi) is 7.32. The summed E-state index contributed by atoms with van der Waals surface area (Å²) in [5.74, 6) is -0.811. The van der Waals surface area contributed by atoms with Gasteiger partial charge in [-0.2, -0.15) is 0 Å². The SMILES string of the molecule is CCC(=O)N(Cc1ccccc1F)C(Cc1ccccc1)C(=O)NC(C)(C)C. The standard InChI is InChI=1S/C23H29FN2O2/c1-5-21(27)26(16-18-13-9-10-14-19(18)24)20(22(28)25-23(2,3)4)15-17-11-7-6-8-12-17/h6-14,20H,5,15-16H2,1-4H3,(H,25,28). The van der Waals surface area contributed by atoms with Gasteiger partial charge in [-0.25, -0.2) is 4.39 Å². The van der Waals surface area contributed by atoms with Crippen LogP contribution in [-0.2, 0) is 22.6 Å². The Hall–Kier alpha value is -2.69. The Morgan fingerprint density at radius 1 is 1.04 bits per heavy atom. The van der Waals surface area contributed by atoms with Crippen LogP contribution in [0.25, 0.3) is 0 Å². The van der Waals surface area contributed by atoms with Gasteiger partial charge < -0.3 is 10.2 Å². The minimum Gasteiger partial charge on any atom is -0.350 e. The zero-order valence-electron chi connectivity index (χ0n) is 17.0. The van der Waals surface area contributed by atoms with Crippen molar-refractivity contribution in [2.45, 2.75) is 58.7 Å². The number of halogens is 1. The summed E-state index contributed by atoms with van der Waals surface area (Å²) in [4.78, 5) is 27.3. The average molecular weight is 384 g/mol. The van der Waals surface area contributed by atoms with Crippen LogP contribution in [-0.4, -0.2) is 28.3 Å². The van der Waals surface area contributed by atoms with Crippen molar-refractivity contribution in [1.29, 1.82) is 0 Å². The number of nitrogens with one attached hydrogen (secondary N) is 1. The number of nitrogens with zero attached hydrogens (tertiary/aromatic N) is 1. The van der Waals surface area contributed by atoms with Gasteiger partial charge in [-0.15, -0.1) is 0 Å². The van der Waals surface area contributed by atoms with E-state index in [0.29, 0.717) is 12.0 Å². The van der Waals surface area contributed by atoms with Crippen LogP contribution in [0.15, 0.2) is 54.6 Å². The van der Waals surface area contributed by atoms with Crippen LogP contribution in [0.1, 0.15) is 45.2 Å². The van der Waals surface area contributed by atoms with Gasteiger partial charge in [0.05, 0.1) is 0 Å². The van der Waals surface area contributed by atoms with Crippen molar-refractivity contribution < 1.29 is 14.0 Å². The molecule has 0 saturated carbocycles. The van der Waals surface area contributed by atoms with Gasteiger partial charge in [0, 0.05) is 30.5 Å². The molecule has 0 aliphatic heterocycles. The van der Waals surface area contributed by atoms with E-state index < -0.39 is 11.6 Å². The van der Waals surface area contributed by atoms with E-state index in [0.717, 1.165) is 5.56 Å². The number of hydrogen-bond donors (Lipinski definition) is 1. The molecule has 28 heavy (non-hydrogen) atoms. The molecule has 0 fully saturated rings. The van der Waals surface area contributed by atoms with E-state index in [1.165, 1.54) is 11.0 Å². The van der Waals surface area contributed by atoms with E-state index >= 15 is 0 Å². The van der Waals surface area contributed by atoms with Gasteiger partial charge in [0.25, 0.3) is 0 Å². The van der Waals surface area contributed by atoms with Gasteiger partial charge in [-0.05, 0) is 32.4 Å². The van der Waals surface area contributed by atoms with Crippen molar-refractivity contribution in [3.05, 3.63) is 71.5 Å². The summed E-state index contributed by atoms with van der Waals surface area (Å²) in [7, 11) is 0. The van der Waals surface area contributed by atoms with Crippen LogP contribution < -0.4 is 5.32 Å². The van der Waals surface area contributed by atoms with Crippen molar-refractivity contribution >= 4 is 11.8 Å². The molecule has 5 heteroatoms. The normalized spacial score (nSPS) is 12.3. The van der Waals surface area contributed by atoms with Gasteiger partial charge in [0.1, 0.15) is 11.9 Å². The maximum Gasteiger partial charge on any atom is 0.243 e. The number of carbonyl (C=O) groups excluding carboxylic acids is 2. The van der Waals surface area contributed by atoms with Crippen LogP contribution in [0.3, 0.4) is 0 Å². The number of carbonyl (C=O) groups is 2. The molecule has 0 bridgehead atoms. The Balaban J connectivity index is 2.40. The largest absolute Gasteiger partial charge is 0.350 e. The number of amides is 2. The first-order valence-corrected chi connectivity index (χ1v) is 9.60. The van der Waals surface area contributed by atoms with E-state index in [1.807, 2.05) is 51.1 Å². The third-order valence-corrected chi connectivity index (χ3v) is 4.37. The van der Waals surface area contributed by atoms with Crippen LogP contribution in [0, 0.1) is 5.82 Å². The first-order chi connectivity index (χ1) is 13.2. The Morgan fingerprint density at radius 2 is 1.64 bits per heavy atom. The number of hydrogen-bond acceptors (Lipinski definition) is 2. The lowest BCUT2D eigenvalue weighted by atomic mass is 10.0. The monoisotopic (exact) mass is 384 g/mol. The highest BCUT2D eigenvalue weighted by Gasteiger charge is 2.31. The lowest BCUT2D eigenvalue weighted by Crippen LogP contribution is -2.54. The van der Waals surface area contributed by atoms with Crippen molar-refractivity contribution in [2.24, 2.45) is 0 Å². The molecule has 2 amide bonds. The quantitative estimate of drug-likeness (QED) is 0.782. The van der Waals surface area contributed by atoms with Crippen LogP contribution >= 0.6 is 0 Å². The summed E-state index contributed by atoms with van der Waals surface area (Å²) in [5.41, 5.74) is 0.898. The van der Waals surface area contributed by atoms with Gasteiger partial charge in [0.2, 0.25) is 11.8 Å². The number of rotatable bonds is 7. The van der Waals surface area contributed by atoms with Crippen LogP contribution in [0.4, 0.5) is 4.39 Å². The van der Waals surface area contributed by atoms with E-state index in [2.05, 4.69) is 5.32 Å². The molecule has 4 nitrogen and oxygen atoms in total. The molecule has 0 aliphatic rings. The van der Waals surface area contributed by atoms with Gasteiger partial charge >= 0.3 is 0 Å². The second-order valence-electron chi connectivity index (χ2n) is 7.91. The van der Waals surface area contributed by atoms with E-state index in [9.17, 15) is 14.0 Å². The molecule has 0 spiro atoms. The molecule has 1 atom stereocenters. The minimum absolute atomic E-state index is 0.0500. The Labute approximate surface area is 166 Å². The molecule has 2 rings (SSSR count). The maximum atomic E-state index is 14.2. The predicted molar refractivity (Wildman–Crippen MR) is 109 cm³/mol. The van der Waals surface area contributed by atoms with Gasteiger partial charge in [-0.3, -0.25) is 9.59 Å². The second-order valence-corrected chi connectivity index (χ2v) is 7.91. The Bertz CT molecular complexity index is 800. The summed E-state index contributed by atoms with van der Waals surface area (Å²) in [5, 5.41) is 2.97. The summed E-state index contributed by atoms with van der Waals surface area (Å²) >= 11 is 0. The molecule has 0 aliphatic carbocycles. The molecule has 2 aromatic carbocycles. The zero-order valence-corrected chi connectivity index (χ0v) is 17.0. The third-order valence-electron chi connectivity index (χ3n) is 4.37. The highest BCUT2D eigenvalue weighted by atomic mass is 19.1. The van der Waals surface area contributed by atoms with Crippen molar-refractivity contribution in [2.75, 3.05) is 0 Å². The fourth-order valence-corrected chi connectivity index (χ4v) is 3.02. The molecule has 150 valence electrons. The molecule has 0 aromatic heterocycles. The fourth-order valence-electron chi connectivity index (χ4n) is 3.02. The van der Waals surface area contributed by atoms with Gasteiger partial charge in [0.15, 0.2) is 0 Å². The van der Waals surface area contributed by atoms with Crippen molar-refractivity contribution in [1.82, 2.24) is 10.2 Å². The van der Waals surface area contributed by atoms with Gasteiger partial charge in [-0.1, -0.05) is 55.5 Å². The third kappa shape index (κ3) is 6.19. The van der Waals surface area contributed by atoms with E-state index in [1.54, 1.807) is 25.1 Å². The first kappa shape index (κ1) is 21.6. The summed E-state index contributed by atoms with van der Waals surface area (Å²) in [6.07, 6.45) is 0.603. The Morgan fingerprint density at radius 3 is 2.21 bits per heavy atom. The molecule has 1 unspecified atom stereocenters. The molecular formula is C23H29FN2O2. The molecular weight excluding hydrogens is 355 g/mol. The lowest BCUT2D eigenvalue weighted by molar-refractivity contribution is -0.141. The second kappa shape index (κ2) is 9.49. The highest BCUT2D eigenvalue weighted by Crippen LogP contribution is 2.18.